The molecular weight excluding hydrogens is 486 g/mol. The van der Waals surface area contributed by atoms with Crippen LogP contribution in [0, 0.1) is 0 Å². The number of rotatable bonds is 9. The molecular formula is C26H33NO8S. The number of hydroxylamine groups is 1. The molecule has 2 aromatic carbocycles. The lowest BCUT2D eigenvalue weighted by atomic mass is 9.98. The first kappa shape index (κ1) is 26.4. The lowest BCUT2D eigenvalue weighted by Gasteiger charge is -2.35. The average molecular weight is 520 g/mol. The van der Waals surface area contributed by atoms with Crippen molar-refractivity contribution < 1.29 is 37.0 Å². The van der Waals surface area contributed by atoms with Gasteiger partial charge in [0.05, 0.1) is 11.0 Å². The Bertz CT molecular complexity index is 1100. The second-order valence-electron chi connectivity index (χ2n) is 9.17. The van der Waals surface area contributed by atoms with Crippen LogP contribution in [0.5, 0.6) is 17.2 Å². The van der Waals surface area contributed by atoms with Gasteiger partial charge in [-0.15, -0.1) is 0 Å². The zero-order valence-corrected chi connectivity index (χ0v) is 21.4. The van der Waals surface area contributed by atoms with Crippen molar-refractivity contribution in [2.24, 2.45) is 0 Å². The van der Waals surface area contributed by atoms with E-state index < -0.39 is 26.8 Å². The largest absolute Gasteiger partial charge is 0.491 e. The van der Waals surface area contributed by atoms with Gasteiger partial charge in [0.2, 0.25) is 0 Å². The summed E-state index contributed by atoms with van der Waals surface area (Å²) in [6.45, 7) is 4.76. The number of hydrogen-bond acceptors (Lipinski definition) is 8. The lowest BCUT2D eigenvalue weighted by Crippen LogP contribution is -2.56. The maximum atomic E-state index is 13.7. The first-order valence-corrected chi connectivity index (χ1v) is 13.7. The van der Waals surface area contributed by atoms with Crippen molar-refractivity contribution in [2.45, 2.75) is 68.0 Å². The first-order valence-electron chi connectivity index (χ1n) is 12.2. The van der Waals surface area contributed by atoms with Crippen molar-refractivity contribution in [3.05, 3.63) is 48.5 Å². The molecule has 2 aliphatic rings. The Kier molecular flexibility index (Phi) is 8.50. The Morgan fingerprint density at radius 3 is 2.14 bits per heavy atom. The summed E-state index contributed by atoms with van der Waals surface area (Å²) >= 11 is 0. The van der Waals surface area contributed by atoms with E-state index in [1.807, 2.05) is 26.0 Å². The average Bonchev–Trinajstić information content (AvgIpc) is 2.89. The van der Waals surface area contributed by atoms with Crippen LogP contribution in [-0.2, 0) is 28.9 Å². The van der Waals surface area contributed by atoms with Gasteiger partial charge >= 0.3 is 0 Å². The molecule has 36 heavy (non-hydrogen) atoms. The van der Waals surface area contributed by atoms with Gasteiger partial charge in [-0.1, -0.05) is 0 Å². The van der Waals surface area contributed by atoms with E-state index in [1.54, 1.807) is 24.3 Å². The lowest BCUT2D eigenvalue weighted by molar-refractivity contribution is -0.202. The normalized spacial score (nSPS) is 20.0. The van der Waals surface area contributed by atoms with Crippen molar-refractivity contribution in [2.75, 3.05) is 19.8 Å². The Labute approximate surface area is 211 Å². The summed E-state index contributed by atoms with van der Waals surface area (Å²) in [7, 11) is -4.07. The molecule has 9 nitrogen and oxygen atoms in total. The summed E-state index contributed by atoms with van der Waals surface area (Å²) in [4.78, 5) is 18.7. The fourth-order valence-corrected chi connectivity index (χ4v) is 6.18. The molecule has 4 rings (SSSR count). The molecule has 0 bridgehead atoms. The maximum absolute atomic E-state index is 13.7. The van der Waals surface area contributed by atoms with Crippen LogP contribution in [0.2, 0.25) is 0 Å². The van der Waals surface area contributed by atoms with Gasteiger partial charge in [0, 0.05) is 26.2 Å². The van der Waals surface area contributed by atoms with E-state index in [0.29, 0.717) is 24.5 Å². The van der Waals surface area contributed by atoms with Crippen LogP contribution in [0.15, 0.2) is 53.4 Å². The molecule has 0 radical (unpaired) electrons. The third-order valence-electron chi connectivity index (χ3n) is 6.21. The third kappa shape index (κ3) is 6.00. The number of carbonyl (C=O) groups is 1. The molecule has 2 aliphatic heterocycles. The molecule has 2 saturated heterocycles. The molecule has 1 amide bonds. The highest BCUT2D eigenvalue weighted by atomic mass is 32.2. The SMILES string of the molecule is CC(C)Oc1ccc(Oc2ccc(S(=O)(=O)C3(C(=O)NOC4CCCCO4)CCOCC3)cc2)cc1. The summed E-state index contributed by atoms with van der Waals surface area (Å²) < 4.78 is 48.1. The minimum Gasteiger partial charge on any atom is -0.491 e. The van der Waals surface area contributed by atoms with E-state index in [-0.39, 0.29) is 37.1 Å². The van der Waals surface area contributed by atoms with Crippen LogP contribution in [0.4, 0.5) is 0 Å². The number of amides is 1. The molecule has 10 heteroatoms. The van der Waals surface area contributed by atoms with Crippen molar-refractivity contribution in [1.29, 1.82) is 0 Å². The second kappa shape index (κ2) is 11.6. The number of hydrogen-bond donors (Lipinski definition) is 1. The number of benzene rings is 2. The van der Waals surface area contributed by atoms with Crippen molar-refractivity contribution >= 4 is 15.7 Å². The topological polar surface area (TPSA) is 109 Å². The Balaban J connectivity index is 1.47. The van der Waals surface area contributed by atoms with E-state index in [9.17, 15) is 13.2 Å². The summed E-state index contributed by atoms with van der Waals surface area (Å²) in [6.07, 6.45) is 2.03. The molecule has 196 valence electrons. The molecule has 1 N–H and O–H groups in total. The van der Waals surface area contributed by atoms with E-state index >= 15 is 0 Å². The van der Waals surface area contributed by atoms with Crippen molar-refractivity contribution in [1.82, 2.24) is 5.48 Å². The molecule has 2 fully saturated rings. The van der Waals surface area contributed by atoms with Crippen molar-refractivity contribution in [3.63, 3.8) is 0 Å². The van der Waals surface area contributed by atoms with Crippen LogP contribution >= 0.6 is 0 Å². The highest BCUT2D eigenvalue weighted by Gasteiger charge is 2.52. The van der Waals surface area contributed by atoms with E-state index in [1.165, 1.54) is 12.1 Å². The molecule has 0 aromatic heterocycles. The highest BCUT2D eigenvalue weighted by Crippen LogP contribution is 2.36. The van der Waals surface area contributed by atoms with Gasteiger partial charge in [0.25, 0.3) is 5.91 Å². The van der Waals surface area contributed by atoms with Crippen molar-refractivity contribution in [3.8, 4) is 17.2 Å². The molecule has 2 heterocycles. The predicted molar refractivity (Wildman–Crippen MR) is 132 cm³/mol. The molecule has 1 unspecified atom stereocenters. The summed E-state index contributed by atoms with van der Waals surface area (Å²) in [5.74, 6) is 1.08. The van der Waals surface area contributed by atoms with Gasteiger partial charge in [-0.3, -0.25) is 4.79 Å². The monoisotopic (exact) mass is 519 g/mol. The van der Waals surface area contributed by atoms with Gasteiger partial charge in [0.1, 0.15) is 17.2 Å². The second-order valence-corrected chi connectivity index (χ2v) is 11.4. The molecule has 0 saturated carbocycles. The van der Waals surface area contributed by atoms with Crippen LogP contribution in [0.25, 0.3) is 0 Å². The van der Waals surface area contributed by atoms with Gasteiger partial charge in [-0.05, 0) is 88.1 Å². The Morgan fingerprint density at radius 2 is 1.56 bits per heavy atom. The van der Waals surface area contributed by atoms with Gasteiger partial charge in [-0.25, -0.2) is 18.7 Å². The smallest absolute Gasteiger partial charge is 0.265 e. The summed E-state index contributed by atoms with van der Waals surface area (Å²) in [6, 6.07) is 13.2. The molecule has 1 atom stereocenters. The molecule has 0 aliphatic carbocycles. The Morgan fingerprint density at radius 1 is 0.944 bits per heavy atom. The minimum atomic E-state index is -4.07. The van der Waals surface area contributed by atoms with E-state index in [0.717, 1.165) is 18.6 Å². The number of sulfone groups is 1. The third-order valence-corrected chi connectivity index (χ3v) is 8.73. The van der Waals surface area contributed by atoms with Gasteiger partial charge in [0.15, 0.2) is 20.9 Å². The fraction of sp³-hybridized carbons (Fsp3) is 0.500. The van der Waals surface area contributed by atoms with E-state index in [4.69, 9.17) is 23.8 Å². The molecule has 2 aromatic rings. The summed E-state index contributed by atoms with van der Waals surface area (Å²) in [5.41, 5.74) is 2.37. The Hall–Kier alpha value is -2.66. The first-order chi connectivity index (χ1) is 17.3. The van der Waals surface area contributed by atoms with Gasteiger partial charge in [-0.2, -0.15) is 0 Å². The quantitative estimate of drug-likeness (QED) is 0.492. The standard InChI is InChI=1S/C26H33NO8S/c1-19(2)33-20-6-8-21(9-7-20)34-22-10-12-23(13-11-22)36(29,30)26(14-17-31-18-15-26)25(28)27-35-24-5-3-4-16-32-24/h6-13,19,24H,3-5,14-18H2,1-2H3,(H,27,28). The summed E-state index contributed by atoms with van der Waals surface area (Å²) in [5, 5.41) is 0. The zero-order valence-electron chi connectivity index (χ0n) is 20.6. The number of ether oxygens (including phenoxy) is 4. The van der Waals surface area contributed by atoms with Crippen LogP contribution in [0.1, 0.15) is 46.0 Å². The fourth-order valence-electron chi connectivity index (χ4n) is 4.24. The predicted octanol–water partition coefficient (Wildman–Crippen LogP) is 4.16. The molecule has 0 spiro atoms. The van der Waals surface area contributed by atoms with Gasteiger partial charge < -0.3 is 18.9 Å². The number of nitrogens with one attached hydrogen (secondary N) is 1. The van der Waals surface area contributed by atoms with Crippen LogP contribution < -0.4 is 15.0 Å². The van der Waals surface area contributed by atoms with Crippen LogP contribution in [-0.4, -0.2) is 51.3 Å². The minimum absolute atomic E-state index is 0.0269. The van der Waals surface area contributed by atoms with E-state index in [2.05, 4.69) is 5.48 Å². The highest BCUT2D eigenvalue weighted by molar-refractivity contribution is 7.93. The zero-order chi connectivity index (χ0) is 25.6. The van der Waals surface area contributed by atoms with Crippen LogP contribution in [0.3, 0.4) is 0 Å². The maximum Gasteiger partial charge on any atom is 0.265 e. The number of carbonyl (C=O) groups excluding carboxylic acids is 1.